The zero-order valence-corrected chi connectivity index (χ0v) is 10.8. The number of aromatic nitrogens is 2. The van der Waals surface area contributed by atoms with Crippen molar-refractivity contribution in [2.45, 2.75) is 19.2 Å². The first kappa shape index (κ1) is 11.6. The van der Waals surface area contributed by atoms with E-state index in [4.69, 9.17) is 11.6 Å². The van der Waals surface area contributed by atoms with E-state index >= 15 is 0 Å². The first-order valence-corrected chi connectivity index (χ1v) is 6.56. The third-order valence-electron chi connectivity index (χ3n) is 2.43. The summed E-state index contributed by atoms with van der Waals surface area (Å²) >= 11 is 7.83. The number of fused-ring (bicyclic) bond motifs is 1. The van der Waals surface area contributed by atoms with Gasteiger partial charge in [0.05, 0.1) is 15.6 Å². The number of halogens is 1. The normalized spacial score (nSPS) is 13.2. The predicted molar refractivity (Wildman–Crippen MR) is 70.4 cm³/mol. The van der Waals surface area contributed by atoms with Crippen molar-refractivity contribution in [1.82, 2.24) is 9.97 Å². The number of nitrogens with zero attached hydrogens (tertiary/aromatic N) is 2. The fourth-order valence-corrected chi connectivity index (χ4v) is 2.23. The third-order valence-corrected chi connectivity index (χ3v) is 4.00. The van der Waals surface area contributed by atoms with Crippen LogP contribution in [0.15, 0.2) is 17.8 Å². The Kier molecular flexibility index (Phi) is 3.61. The van der Waals surface area contributed by atoms with E-state index in [0.29, 0.717) is 5.92 Å². The van der Waals surface area contributed by atoms with Crippen LogP contribution in [-0.4, -0.2) is 21.9 Å². The van der Waals surface area contributed by atoms with Gasteiger partial charge in [0.15, 0.2) is 0 Å². The van der Waals surface area contributed by atoms with Crippen molar-refractivity contribution in [3.05, 3.63) is 17.8 Å². The Labute approximate surface area is 104 Å². The highest BCUT2D eigenvalue weighted by atomic mass is 35.5. The molecular formula is C11H14ClN3S. The van der Waals surface area contributed by atoms with Gasteiger partial charge in [-0.3, -0.25) is 0 Å². The van der Waals surface area contributed by atoms with Crippen molar-refractivity contribution < 1.29 is 0 Å². The van der Waals surface area contributed by atoms with E-state index in [9.17, 15) is 0 Å². The van der Waals surface area contributed by atoms with Crippen molar-refractivity contribution in [2.75, 3.05) is 11.9 Å². The molecule has 1 atom stereocenters. The van der Waals surface area contributed by atoms with Gasteiger partial charge in [-0.1, -0.05) is 13.8 Å². The molecule has 0 saturated heterocycles. The summed E-state index contributed by atoms with van der Waals surface area (Å²) in [4.78, 5) is 8.43. The molecule has 86 valence electrons. The van der Waals surface area contributed by atoms with Crippen LogP contribution >= 0.6 is 22.9 Å². The van der Waals surface area contributed by atoms with Crippen LogP contribution in [0.2, 0.25) is 0 Å². The third kappa shape index (κ3) is 2.44. The van der Waals surface area contributed by atoms with E-state index in [2.05, 4.69) is 29.1 Å². The summed E-state index contributed by atoms with van der Waals surface area (Å²) in [7, 11) is 0. The van der Waals surface area contributed by atoms with E-state index in [0.717, 1.165) is 22.6 Å². The Morgan fingerprint density at radius 3 is 3.00 bits per heavy atom. The first-order chi connectivity index (χ1) is 7.68. The van der Waals surface area contributed by atoms with Crippen LogP contribution in [0.4, 0.5) is 5.82 Å². The highest BCUT2D eigenvalue weighted by molar-refractivity contribution is 7.17. The van der Waals surface area contributed by atoms with Crippen molar-refractivity contribution >= 4 is 39.0 Å². The van der Waals surface area contributed by atoms with Crippen LogP contribution in [0.1, 0.15) is 13.8 Å². The van der Waals surface area contributed by atoms with Gasteiger partial charge in [0.2, 0.25) is 0 Å². The monoisotopic (exact) mass is 255 g/mol. The summed E-state index contributed by atoms with van der Waals surface area (Å²) in [5.41, 5.74) is 0.984. The number of hydrogen-bond acceptors (Lipinski definition) is 4. The van der Waals surface area contributed by atoms with E-state index in [-0.39, 0.29) is 5.38 Å². The van der Waals surface area contributed by atoms with E-state index < -0.39 is 0 Å². The molecule has 1 N–H and O–H groups in total. The molecule has 2 heterocycles. The van der Waals surface area contributed by atoms with Crippen LogP contribution in [0.5, 0.6) is 0 Å². The number of alkyl halides is 1. The quantitative estimate of drug-likeness (QED) is 0.852. The lowest BCUT2D eigenvalue weighted by molar-refractivity contribution is 0.616. The molecule has 1 unspecified atom stereocenters. The minimum Gasteiger partial charge on any atom is -0.367 e. The Morgan fingerprint density at radius 2 is 2.25 bits per heavy atom. The van der Waals surface area contributed by atoms with Gasteiger partial charge < -0.3 is 5.32 Å². The van der Waals surface area contributed by atoms with Crippen LogP contribution in [0.25, 0.3) is 10.2 Å². The molecule has 2 rings (SSSR count). The van der Waals surface area contributed by atoms with Crippen molar-refractivity contribution in [3.63, 3.8) is 0 Å². The summed E-state index contributed by atoms with van der Waals surface area (Å²) in [5.74, 6) is 1.33. The minimum absolute atomic E-state index is 0.116. The lowest BCUT2D eigenvalue weighted by Crippen LogP contribution is -2.20. The molecule has 0 aromatic carbocycles. The summed E-state index contributed by atoms with van der Waals surface area (Å²) in [6.45, 7) is 4.95. The summed E-state index contributed by atoms with van der Waals surface area (Å²) in [6.07, 6.45) is 1.58. The highest BCUT2D eigenvalue weighted by Crippen LogP contribution is 2.25. The second-order valence-electron chi connectivity index (χ2n) is 4.00. The van der Waals surface area contributed by atoms with Crippen molar-refractivity contribution in [1.29, 1.82) is 0 Å². The topological polar surface area (TPSA) is 37.8 Å². The molecule has 0 aliphatic rings. The molecule has 0 spiro atoms. The number of anilines is 1. The van der Waals surface area contributed by atoms with Gasteiger partial charge in [-0.2, -0.15) is 0 Å². The van der Waals surface area contributed by atoms with Crippen LogP contribution in [0.3, 0.4) is 0 Å². The lowest BCUT2D eigenvalue weighted by atomic mass is 10.1. The molecule has 0 bridgehead atoms. The lowest BCUT2D eigenvalue weighted by Gasteiger charge is -2.14. The maximum absolute atomic E-state index is 6.19. The molecule has 0 radical (unpaired) electrons. The number of thiophene rings is 1. The number of hydrogen-bond donors (Lipinski definition) is 1. The highest BCUT2D eigenvalue weighted by Gasteiger charge is 2.11. The standard InChI is InChI=1S/C11H14ClN3S/c1-7(2)8(12)5-13-11-10-9(3-4-16-10)14-6-15-11/h3-4,6-8H,5H2,1-2H3,(H,13,14,15). The van der Waals surface area contributed by atoms with Gasteiger partial charge in [-0.15, -0.1) is 22.9 Å². The van der Waals surface area contributed by atoms with Gasteiger partial charge in [-0.05, 0) is 17.4 Å². The van der Waals surface area contributed by atoms with Crippen LogP contribution < -0.4 is 5.32 Å². The number of nitrogens with one attached hydrogen (secondary N) is 1. The fraction of sp³-hybridized carbons (Fsp3) is 0.455. The van der Waals surface area contributed by atoms with Gasteiger partial charge in [0.25, 0.3) is 0 Å². The molecule has 0 aliphatic heterocycles. The largest absolute Gasteiger partial charge is 0.367 e. The average molecular weight is 256 g/mol. The minimum atomic E-state index is 0.116. The molecule has 0 aliphatic carbocycles. The molecule has 5 heteroatoms. The van der Waals surface area contributed by atoms with Crippen molar-refractivity contribution in [3.8, 4) is 0 Å². The predicted octanol–water partition coefficient (Wildman–Crippen LogP) is 3.37. The Hall–Kier alpha value is -0.870. The molecule has 0 saturated carbocycles. The van der Waals surface area contributed by atoms with Gasteiger partial charge in [0, 0.05) is 6.54 Å². The SMILES string of the molecule is CC(C)C(Cl)CNc1ncnc2ccsc12. The summed E-state index contributed by atoms with van der Waals surface area (Å²) in [5, 5.41) is 5.42. The Balaban J connectivity index is 2.12. The second kappa shape index (κ2) is 4.97. The average Bonchev–Trinajstić information content (AvgIpc) is 2.73. The second-order valence-corrected chi connectivity index (χ2v) is 5.47. The smallest absolute Gasteiger partial charge is 0.147 e. The molecule has 2 aromatic rings. The maximum Gasteiger partial charge on any atom is 0.147 e. The Bertz CT molecular complexity index is 469. The van der Waals surface area contributed by atoms with Gasteiger partial charge in [-0.25, -0.2) is 9.97 Å². The first-order valence-electron chi connectivity index (χ1n) is 5.24. The number of rotatable bonds is 4. The zero-order valence-electron chi connectivity index (χ0n) is 9.27. The van der Waals surface area contributed by atoms with E-state index in [1.165, 1.54) is 0 Å². The maximum atomic E-state index is 6.19. The molecule has 0 fully saturated rings. The molecule has 16 heavy (non-hydrogen) atoms. The van der Waals surface area contributed by atoms with E-state index in [1.807, 2.05) is 11.4 Å². The fourth-order valence-electron chi connectivity index (χ4n) is 1.34. The summed E-state index contributed by atoms with van der Waals surface area (Å²) in [6, 6.07) is 1.99. The van der Waals surface area contributed by atoms with E-state index in [1.54, 1.807) is 17.7 Å². The Morgan fingerprint density at radius 1 is 1.44 bits per heavy atom. The molecule has 0 amide bonds. The molecule has 2 aromatic heterocycles. The molecular weight excluding hydrogens is 242 g/mol. The summed E-state index contributed by atoms with van der Waals surface area (Å²) < 4.78 is 1.09. The van der Waals surface area contributed by atoms with Gasteiger partial charge >= 0.3 is 0 Å². The van der Waals surface area contributed by atoms with Gasteiger partial charge in [0.1, 0.15) is 12.1 Å². The molecule has 3 nitrogen and oxygen atoms in total. The van der Waals surface area contributed by atoms with Crippen LogP contribution in [-0.2, 0) is 0 Å². The van der Waals surface area contributed by atoms with Crippen molar-refractivity contribution in [2.24, 2.45) is 5.92 Å². The van der Waals surface area contributed by atoms with Crippen LogP contribution in [0, 0.1) is 5.92 Å². The zero-order chi connectivity index (χ0) is 11.5.